The molecule has 23 heavy (non-hydrogen) atoms. The van der Waals surface area contributed by atoms with E-state index in [9.17, 15) is 4.79 Å². The Labute approximate surface area is 138 Å². The number of benzene rings is 1. The molecular formula is C17H25BO5. The molecule has 1 aromatic rings. The SMILES string of the molecule is COC(=O)c1ccc(B2OC(C)(C)C(C)(C)O2)cc1OC(C)C. The summed E-state index contributed by atoms with van der Waals surface area (Å²) in [6.07, 6.45) is -0.0630. The summed E-state index contributed by atoms with van der Waals surface area (Å²) in [5, 5.41) is 0. The molecule has 0 unspecified atom stereocenters. The van der Waals surface area contributed by atoms with Crippen molar-refractivity contribution in [1.82, 2.24) is 0 Å². The van der Waals surface area contributed by atoms with Gasteiger partial charge in [-0.15, -0.1) is 0 Å². The minimum atomic E-state index is -0.499. The fraction of sp³-hybridized carbons (Fsp3) is 0.588. The van der Waals surface area contributed by atoms with Crippen LogP contribution in [0.1, 0.15) is 51.9 Å². The number of methoxy groups -OCH3 is 1. The molecule has 0 N–H and O–H groups in total. The first kappa shape index (κ1) is 17.8. The van der Waals surface area contributed by atoms with Gasteiger partial charge in [0, 0.05) is 0 Å². The predicted octanol–water partition coefficient (Wildman–Crippen LogP) is 2.56. The summed E-state index contributed by atoms with van der Waals surface area (Å²) >= 11 is 0. The molecule has 0 saturated carbocycles. The Bertz CT molecular complexity index is 579. The van der Waals surface area contributed by atoms with Crippen molar-refractivity contribution in [1.29, 1.82) is 0 Å². The highest BCUT2D eigenvalue weighted by molar-refractivity contribution is 6.62. The molecule has 1 aliphatic heterocycles. The molecule has 1 aromatic carbocycles. The van der Waals surface area contributed by atoms with E-state index in [0.29, 0.717) is 11.3 Å². The maximum Gasteiger partial charge on any atom is 0.494 e. The van der Waals surface area contributed by atoms with E-state index in [1.54, 1.807) is 12.1 Å². The Morgan fingerprint density at radius 2 is 1.70 bits per heavy atom. The van der Waals surface area contributed by atoms with Gasteiger partial charge >= 0.3 is 13.1 Å². The molecule has 0 bridgehead atoms. The van der Waals surface area contributed by atoms with Gasteiger partial charge in [0.05, 0.1) is 24.4 Å². The number of ether oxygens (including phenoxy) is 2. The zero-order valence-electron chi connectivity index (χ0n) is 14.9. The fourth-order valence-electron chi connectivity index (χ4n) is 2.29. The zero-order chi connectivity index (χ0) is 17.4. The second-order valence-corrected chi connectivity index (χ2v) is 7.00. The normalized spacial score (nSPS) is 19.0. The average molecular weight is 320 g/mol. The highest BCUT2D eigenvalue weighted by Crippen LogP contribution is 2.36. The molecule has 0 spiro atoms. The van der Waals surface area contributed by atoms with Crippen LogP contribution in [-0.2, 0) is 14.0 Å². The van der Waals surface area contributed by atoms with Crippen molar-refractivity contribution in [2.75, 3.05) is 7.11 Å². The topological polar surface area (TPSA) is 54.0 Å². The molecule has 0 aromatic heterocycles. The Morgan fingerprint density at radius 1 is 1.13 bits per heavy atom. The van der Waals surface area contributed by atoms with E-state index in [1.807, 2.05) is 47.6 Å². The lowest BCUT2D eigenvalue weighted by molar-refractivity contribution is 0.00578. The van der Waals surface area contributed by atoms with Crippen LogP contribution in [0.25, 0.3) is 0 Å². The largest absolute Gasteiger partial charge is 0.494 e. The van der Waals surface area contributed by atoms with Gasteiger partial charge in [0.2, 0.25) is 0 Å². The van der Waals surface area contributed by atoms with E-state index in [4.69, 9.17) is 18.8 Å². The van der Waals surface area contributed by atoms with E-state index >= 15 is 0 Å². The van der Waals surface area contributed by atoms with Crippen LogP contribution >= 0.6 is 0 Å². The van der Waals surface area contributed by atoms with Gasteiger partial charge < -0.3 is 18.8 Å². The van der Waals surface area contributed by atoms with Gasteiger partial charge in [0.25, 0.3) is 0 Å². The van der Waals surface area contributed by atoms with E-state index in [0.717, 1.165) is 5.46 Å². The van der Waals surface area contributed by atoms with Crippen LogP contribution in [0.15, 0.2) is 18.2 Å². The summed E-state index contributed by atoms with van der Waals surface area (Å²) in [4.78, 5) is 11.9. The molecular weight excluding hydrogens is 295 g/mol. The number of carbonyl (C=O) groups is 1. The number of carbonyl (C=O) groups excluding carboxylic acids is 1. The van der Waals surface area contributed by atoms with Crippen LogP contribution in [0, 0.1) is 0 Å². The standard InChI is InChI=1S/C17H25BO5/c1-11(2)21-14-10-12(8-9-13(14)15(19)20-7)18-22-16(3,4)17(5,6)23-18/h8-11H,1-7H3. The monoisotopic (exact) mass is 320 g/mol. The molecule has 0 aliphatic carbocycles. The maximum atomic E-state index is 11.9. The van der Waals surface area contributed by atoms with Crippen molar-refractivity contribution in [2.24, 2.45) is 0 Å². The maximum absolute atomic E-state index is 11.9. The molecule has 1 saturated heterocycles. The lowest BCUT2D eigenvalue weighted by Gasteiger charge is -2.32. The van der Waals surface area contributed by atoms with Gasteiger partial charge in [-0.05, 0) is 59.1 Å². The van der Waals surface area contributed by atoms with E-state index in [1.165, 1.54) is 7.11 Å². The first-order valence-electron chi connectivity index (χ1n) is 7.82. The van der Waals surface area contributed by atoms with Gasteiger partial charge in [-0.3, -0.25) is 0 Å². The van der Waals surface area contributed by atoms with Crippen molar-refractivity contribution in [2.45, 2.75) is 58.8 Å². The van der Waals surface area contributed by atoms with Crippen LogP contribution in [0.5, 0.6) is 5.75 Å². The van der Waals surface area contributed by atoms with Crippen LogP contribution < -0.4 is 10.2 Å². The second-order valence-electron chi connectivity index (χ2n) is 7.00. The van der Waals surface area contributed by atoms with Crippen LogP contribution in [-0.4, -0.2) is 37.5 Å². The summed E-state index contributed by atoms with van der Waals surface area (Å²) in [5.41, 5.74) is 0.364. The van der Waals surface area contributed by atoms with E-state index < -0.39 is 24.3 Å². The highest BCUT2D eigenvalue weighted by atomic mass is 16.7. The molecule has 1 heterocycles. The number of hydrogen-bond acceptors (Lipinski definition) is 5. The summed E-state index contributed by atoms with van der Waals surface area (Å²) in [6.45, 7) is 11.8. The molecule has 0 radical (unpaired) electrons. The van der Waals surface area contributed by atoms with Gasteiger partial charge in [-0.2, -0.15) is 0 Å². The summed E-state index contributed by atoms with van der Waals surface area (Å²) in [6, 6.07) is 5.28. The van der Waals surface area contributed by atoms with Gasteiger partial charge in [0.15, 0.2) is 0 Å². The van der Waals surface area contributed by atoms with Crippen molar-refractivity contribution in [3.8, 4) is 5.75 Å². The third kappa shape index (κ3) is 3.53. The third-order valence-electron chi connectivity index (χ3n) is 4.30. The molecule has 5 nitrogen and oxygen atoms in total. The lowest BCUT2D eigenvalue weighted by atomic mass is 9.78. The average Bonchev–Trinajstić information content (AvgIpc) is 2.66. The third-order valence-corrected chi connectivity index (χ3v) is 4.30. The van der Waals surface area contributed by atoms with Crippen molar-refractivity contribution in [3.05, 3.63) is 23.8 Å². The first-order valence-corrected chi connectivity index (χ1v) is 7.82. The molecule has 0 amide bonds. The van der Waals surface area contributed by atoms with Gasteiger partial charge in [-0.1, -0.05) is 6.07 Å². The van der Waals surface area contributed by atoms with Crippen LogP contribution in [0.4, 0.5) is 0 Å². The molecule has 6 heteroatoms. The predicted molar refractivity (Wildman–Crippen MR) is 89.3 cm³/mol. The Morgan fingerprint density at radius 3 is 2.17 bits per heavy atom. The van der Waals surface area contributed by atoms with Gasteiger partial charge in [-0.25, -0.2) is 4.79 Å². The lowest BCUT2D eigenvalue weighted by Crippen LogP contribution is -2.41. The molecule has 1 aliphatic rings. The number of hydrogen-bond donors (Lipinski definition) is 0. The number of esters is 1. The molecule has 126 valence electrons. The summed E-state index contributed by atoms with van der Waals surface area (Å²) < 4.78 is 22.7. The Balaban J connectivity index is 2.36. The van der Waals surface area contributed by atoms with E-state index in [-0.39, 0.29) is 6.10 Å². The minimum Gasteiger partial charge on any atom is -0.490 e. The van der Waals surface area contributed by atoms with Crippen LogP contribution in [0.2, 0.25) is 0 Å². The quantitative estimate of drug-likeness (QED) is 0.630. The fourth-order valence-corrected chi connectivity index (χ4v) is 2.29. The minimum absolute atomic E-state index is 0.0630. The summed E-state index contributed by atoms with van der Waals surface area (Å²) in [7, 11) is 0.852. The van der Waals surface area contributed by atoms with Crippen LogP contribution in [0.3, 0.4) is 0 Å². The highest BCUT2D eigenvalue weighted by Gasteiger charge is 2.51. The Hall–Kier alpha value is -1.53. The molecule has 1 fully saturated rings. The van der Waals surface area contributed by atoms with Crippen molar-refractivity contribution in [3.63, 3.8) is 0 Å². The van der Waals surface area contributed by atoms with Gasteiger partial charge in [0.1, 0.15) is 11.3 Å². The second kappa shape index (κ2) is 6.17. The Kier molecular flexibility index (Phi) is 4.78. The summed E-state index contributed by atoms with van der Waals surface area (Å²) in [5.74, 6) is 0.0418. The smallest absolute Gasteiger partial charge is 0.490 e. The zero-order valence-corrected chi connectivity index (χ0v) is 14.9. The molecule has 0 atom stereocenters. The van der Waals surface area contributed by atoms with Crippen molar-refractivity contribution >= 4 is 18.6 Å². The van der Waals surface area contributed by atoms with Crippen molar-refractivity contribution < 1.29 is 23.6 Å². The number of rotatable bonds is 4. The van der Waals surface area contributed by atoms with E-state index in [2.05, 4.69) is 0 Å². The molecule has 2 rings (SSSR count). The first-order chi connectivity index (χ1) is 10.6.